The highest BCUT2D eigenvalue weighted by Crippen LogP contribution is 2.46. The maximum Gasteiger partial charge on any atom is 0.145 e. The van der Waals surface area contributed by atoms with Gasteiger partial charge in [0, 0.05) is 29.1 Å². The van der Waals surface area contributed by atoms with Crippen molar-refractivity contribution in [2.24, 2.45) is 0 Å². The van der Waals surface area contributed by atoms with E-state index in [1.165, 1.54) is 24.6 Å². The zero-order valence-corrected chi connectivity index (χ0v) is 11.9. The summed E-state index contributed by atoms with van der Waals surface area (Å²) in [5.41, 5.74) is 4.81. The molecule has 3 aromatic heterocycles. The van der Waals surface area contributed by atoms with Crippen LogP contribution >= 0.6 is 0 Å². The minimum atomic E-state index is -0.242. The van der Waals surface area contributed by atoms with Gasteiger partial charge in [0.2, 0.25) is 0 Å². The Hall–Kier alpha value is -2.23. The average molecular weight is 281 g/mol. The molecule has 0 bridgehead atoms. The topological polar surface area (TPSA) is 30.2 Å². The Morgan fingerprint density at radius 1 is 1.29 bits per heavy atom. The summed E-state index contributed by atoms with van der Waals surface area (Å²) >= 11 is 0. The summed E-state index contributed by atoms with van der Waals surface area (Å²) in [5, 5.41) is 4.70. The highest BCUT2D eigenvalue weighted by atomic mass is 19.1. The molecule has 21 heavy (non-hydrogen) atoms. The zero-order chi connectivity index (χ0) is 14.4. The van der Waals surface area contributed by atoms with Crippen LogP contribution in [0, 0.1) is 5.82 Å². The van der Waals surface area contributed by atoms with E-state index in [9.17, 15) is 4.39 Å². The van der Waals surface area contributed by atoms with Gasteiger partial charge in [0.1, 0.15) is 5.82 Å². The fraction of sp³-hybridized carbons (Fsp3) is 0.294. The quantitative estimate of drug-likeness (QED) is 0.727. The Balaban J connectivity index is 2.03. The van der Waals surface area contributed by atoms with Crippen LogP contribution in [0.25, 0.3) is 16.8 Å². The maximum absolute atomic E-state index is 14.0. The molecule has 0 saturated heterocycles. The van der Waals surface area contributed by atoms with Crippen molar-refractivity contribution in [2.45, 2.75) is 32.1 Å². The minimum Gasteiger partial charge on any atom is -0.261 e. The van der Waals surface area contributed by atoms with Crippen molar-refractivity contribution in [2.75, 3.05) is 0 Å². The predicted molar refractivity (Wildman–Crippen MR) is 79.7 cm³/mol. The number of halogens is 1. The lowest BCUT2D eigenvalue weighted by molar-refractivity contribution is 0.606. The summed E-state index contributed by atoms with van der Waals surface area (Å²) in [6.07, 6.45) is 8.00. The van der Waals surface area contributed by atoms with Crippen LogP contribution in [-0.4, -0.2) is 14.6 Å². The molecule has 3 aromatic rings. The molecule has 3 heterocycles. The molecule has 0 atom stereocenters. The van der Waals surface area contributed by atoms with Gasteiger partial charge in [-0.15, -0.1) is 0 Å². The van der Waals surface area contributed by atoms with Crippen molar-refractivity contribution < 1.29 is 4.39 Å². The van der Waals surface area contributed by atoms with E-state index in [0.717, 1.165) is 16.8 Å². The number of nitrogens with zero attached hydrogens (tertiary/aromatic N) is 3. The van der Waals surface area contributed by atoms with Crippen molar-refractivity contribution >= 4 is 5.52 Å². The summed E-state index contributed by atoms with van der Waals surface area (Å²) in [4.78, 5) is 4.04. The van der Waals surface area contributed by atoms with Gasteiger partial charge in [-0.05, 0) is 37.3 Å². The van der Waals surface area contributed by atoms with Crippen molar-refractivity contribution in [1.82, 2.24) is 14.6 Å². The summed E-state index contributed by atoms with van der Waals surface area (Å²) in [5.74, 6) is 0.307. The summed E-state index contributed by atoms with van der Waals surface area (Å²) in [7, 11) is 0. The van der Waals surface area contributed by atoms with Crippen molar-refractivity contribution in [3.05, 3.63) is 53.7 Å². The van der Waals surface area contributed by atoms with Crippen molar-refractivity contribution in [3.8, 4) is 11.3 Å². The Morgan fingerprint density at radius 3 is 2.90 bits per heavy atom. The van der Waals surface area contributed by atoms with Gasteiger partial charge in [0.05, 0.1) is 17.4 Å². The number of hydrogen-bond acceptors (Lipinski definition) is 2. The van der Waals surface area contributed by atoms with Gasteiger partial charge >= 0.3 is 0 Å². The standard InChI is InChI=1S/C17H16FN3/c1-2-12-13(9-19-10-14(12)18)17-16(11-6-7-11)15-5-3-4-8-21(15)20-17/h3-5,8-11H,2,6-7H2,1H3. The van der Waals surface area contributed by atoms with Gasteiger partial charge in [-0.2, -0.15) is 5.10 Å². The molecule has 4 rings (SSSR count). The molecule has 0 spiro atoms. The van der Waals surface area contributed by atoms with Crippen LogP contribution in [0.5, 0.6) is 0 Å². The van der Waals surface area contributed by atoms with E-state index < -0.39 is 0 Å². The first kappa shape index (κ1) is 12.5. The normalized spacial score (nSPS) is 14.8. The molecular weight excluding hydrogens is 265 g/mol. The molecule has 106 valence electrons. The second-order valence-corrected chi connectivity index (χ2v) is 5.57. The maximum atomic E-state index is 14.0. The van der Waals surface area contributed by atoms with Crippen LogP contribution < -0.4 is 0 Å². The minimum absolute atomic E-state index is 0.242. The molecule has 0 aliphatic heterocycles. The summed E-state index contributed by atoms with van der Waals surface area (Å²) < 4.78 is 15.9. The van der Waals surface area contributed by atoms with E-state index in [4.69, 9.17) is 5.10 Å². The van der Waals surface area contributed by atoms with Gasteiger partial charge in [0.25, 0.3) is 0 Å². The summed E-state index contributed by atoms with van der Waals surface area (Å²) in [6.45, 7) is 1.97. The fourth-order valence-electron chi connectivity index (χ4n) is 3.02. The molecular formula is C17H16FN3. The molecule has 0 aromatic carbocycles. The Morgan fingerprint density at radius 2 is 2.14 bits per heavy atom. The molecule has 1 fully saturated rings. The first-order chi connectivity index (χ1) is 10.3. The second kappa shape index (κ2) is 4.65. The second-order valence-electron chi connectivity index (χ2n) is 5.57. The molecule has 0 N–H and O–H groups in total. The smallest absolute Gasteiger partial charge is 0.145 e. The van der Waals surface area contributed by atoms with Gasteiger partial charge in [-0.25, -0.2) is 8.91 Å². The highest BCUT2D eigenvalue weighted by molar-refractivity contribution is 5.76. The van der Waals surface area contributed by atoms with E-state index in [0.29, 0.717) is 17.9 Å². The molecule has 0 radical (unpaired) electrons. The molecule has 0 amide bonds. The number of aromatic nitrogens is 3. The van der Waals surface area contributed by atoms with E-state index in [-0.39, 0.29) is 5.82 Å². The number of pyridine rings is 2. The van der Waals surface area contributed by atoms with Gasteiger partial charge in [0.15, 0.2) is 0 Å². The van der Waals surface area contributed by atoms with E-state index in [2.05, 4.69) is 11.1 Å². The first-order valence-corrected chi connectivity index (χ1v) is 7.39. The molecule has 1 aliphatic rings. The van der Waals surface area contributed by atoms with Gasteiger partial charge in [-0.3, -0.25) is 4.98 Å². The SMILES string of the molecule is CCc1c(F)cncc1-c1nn2ccccc2c1C1CC1. The fourth-order valence-corrected chi connectivity index (χ4v) is 3.02. The van der Waals surface area contributed by atoms with Gasteiger partial charge in [-0.1, -0.05) is 13.0 Å². The molecule has 1 saturated carbocycles. The number of fused-ring (bicyclic) bond motifs is 1. The molecule has 3 nitrogen and oxygen atoms in total. The zero-order valence-electron chi connectivity index (χ0n) is 11.9. The number of rotatable bonds is 3. The molecule has 0 unspecified atom stereocenters. The Kier molecular flexibility index (Phi) is 2.77. The van der Waals surface area contributed by atoms with Crippen LogP contribution in [0.1, 0.15) is 36.8 Å². The van der Waals surface area contributed by atoms with Crippen LogP contribution in [0.4, 0.5) is 4.39 Å². The molecule has 1 aliphatic carbocycles. The van der Waals surface area contributed by atoms with E-state index >= 15 is 0 Å². The van der Waals surface area contributed by atoms with Gasteiger partial charge < -0.3 is 0 Å². The summed E-state index contributed by atoms with van der Waals surface area (Å²) in [6, 6.07) is 6.07. The number of hydrogen-bond donors (Lipinski definition) is 0. The lowest BCUT2D eigenvalue weighted by atomic mass is 9.99. The highest BCUT2D eigenvalue weighted by Gasteiger charge is 2.31. The third-order valence-electron chi connectivity index (χ3n) is 4.18. The van der Waals surface area contributed by atoms with Crippen LogP contribution in [0.2, 0.25) is 0 Å². The van der Waals surface area contributed by atoms with Crippen LogP contribution in [0.15, 0.2) is 36.8 Å². The lowest BCUT2D eigenvalue weighted by Gasteiger charge is -2.07. The predicted octanol–water partition coefficient (Wildman–Crippen LogP) is 3.98. The van der Waals surface area contributed by atoms with Crippen LogP contribution in [-0.2, 0) is 6.42 Å². The Labute approximate surface area is 122 Å². The van der Waals surface area contributed by atoms with Crippen molar-refractivity contribution in [1.29, 1.82) is 0 Å². The monoisotopic (exact) mass is 281 g/mol. The third kappa shape index (κ3) is 1.94. The van der Waals surface area contributed by atoms with Crippen LogP contribution in [0.3, 0.4) is 0 Å². The largest absolute Gasteiger partial charge is 0.261 e. The van der Waals surface area contributed by atoms with E-state index in [1.807, 2.05) is 29.8 Å². The lowest BCUT2D eigenvalue weighted by Crippen LogP contribution is -1.97. The third-order valence-corrected chi connectivity index (χ3v) is 4.18. The first-order valence-electron chi connectivity index (χ1n) is 7.39. The van der Waals surface area contributed by atoms with E-state index in [1.54, 1.807) is 6.20 Å². The Bertz CT molecular complexity index is 818. The molecule has 4 heteroatoms. The average Bonchev–Trinajstić information content (AvgIpc) is 3.26. The van der Waals surface area contributed by atoms with Crippen molar-refractivity contribution in [3.63, 3.8) is 0 Å².